The Labute approximate surface area is 175 Å². The number of nitrogens with one attached hydrogen (secondary N) is 2. The summed E-state index contributed by atoms with van der Waals surface area (Å²) in [6, 6.07) is 9.65. The zero-order valence-electron chi connectivity index (χ0n) is 15.1. The molecular formula is C18H16ClFN4O3S2. The lowest BCUT2D eigenvalue weighted by Gasteiger charge is -2.35. The monoisotopic (exact) mass is 454 g/mol. The number of anilines is 1. The van der Waals surface area contributed by atoms with E-state index in [-0.39, 0.29) is 17.1 Å². The second-order valence-electron chi connectivity index (χ2n) is 6.58. The first-order chi connectivity index (χ1) is 13.7. The van der Waals surface area contributed by atoms with Gasteiger partial charge in [0.05, 0.1) is 21.3 Å². The third kappa shape index (κ3) is 3.99. The molecule has 1 amide bonds. The van der Waals surface area contributed by atoms with Gasteiger partial charge in [0.15, 0.2) is 0 Å². The highest BCUT2D eigenvalue weighted by Gasteiger charge is 2.41. The van der Waals surface area contributed by atoms with Gasteiger partial charge in [-0.3, -0.25) is 4.79 Å². The van der Waals surface area contributed by atoms with Crippen molar-refractivity contribution in [2.75, 3.05) is 12.4 Å². The summed E-state index contributed by atoms with van der Waals surface area (Å²) in [5.41, 5.74) is 1.05. The Morgan fingerprint density at radius 1 is 1.34 bits per heavy atom. The first kappa shape index (κ1) is 20.2. The summed E-state index contributed by atoms with van der Waals surface area (Å²) in [7, 11) is -2.56. The molecule has 152 valence electrons. The first-order valence-corrected chi connectivity index (χ1v) is 11.2. The van der Waals surface area contributed by atoms with E-state index in [1.807, 2.05) is 24.3 Å². The molecule has 7 nitrogen and oxygen atoms in total. The highest BCUT2D eigenvalue weighted by Crippen LogP contribution is 2.33. The number of halogens is 2. The molecule has 1 fully saturated rings. The van der Waals surface area contributed by atoms with E-state index in [2.05, 4.69) is 15.0 Å². The molecule has 1 aliphatic rings. The van der Waals surface area contributed by atoms with Crippen LogP contribution in [0.2, 0.25) is 5.02 Å². The average Bonchev–Trinajstić information content (AvgIpc) is 3.11. The van der Waals surface area contributed by atoms with E-state index in [9.17, 15) is 17.6 Å². The molecular weight excluding hydrogens is 439 g/mol. The van der Waals surface area contributed by atoms with Crippen molar-refractivity contribution in [2.45, 2.75) is 18.5 Å². The van der Waals surface area contributed by atoms with E-state index in [1.165, 1.54) is 30.5 Å². The van der Waals surface area contributed by atoms with Crippen LogP contribution in [0, 0.1) is 5.82 Å². The van der Waals surface area contributed by atoms with Crippen LogP contribution in [-0.2, 0) is 15.0 Å². The van der Waals surface area contributed by atoms with Crippen LogP contribution in [0.15, 0.2) is 42.5 Å². The van der Waals surface area contributed by atoms with Crippen molar-refractivity contribution in [1.29, 1.82) is 0 Å². The summed E-state index contributed by atoms with van der Waals surface area (Å²) >= 11 is 7.13. The number of fused-ring (bicyclic) bond motifs is 1. The maximum Gasteiger partial charge on any atom is 0.280 e. The fraction of sp³-hybridized carbons (Fsp3) is 0.222. The maximum atomic E-state index is 13.3. The molecule has 29 heavy (non-hydrogen) atoms. The molecule has 2 aromatic carbocycles. The van der Waals surface area contributed by atoms with Crippen molar-refractivity contribution >= 4 is 55.0 Å². The van der Waals surface area contributed by atoms with Crippen LogP contribution in [0.1, 0.15) is 17.5 Å². The van der Waals surface area contributed by atoms with Crippen molar-refractivity contribution in [3.05, 3.63) is 58.3 Å². The Hall–Kier alpha value is -2.11. The molecule has 0 spiro atoms. The lowest BCUT2D eigenvalue weighted by atomic mass is 10.1. The normalized spacial score (nSPS) is 21.9. The van der Waals surface area contributed by atoms with Gasteiger partial charge in [0.1, 0.15) is 16.9 Å². The van der Waals surface area contributed by atoms with Gasteiger partial charge in [0, 0.05) is 12.7 Å². The second kappa shape index (κ2) is 7.62. The van der Waals surface area contributed by atoms with E-state index in [0.29, 0.717) is 5.01 Å². The fourth-order valence-corrected chi connectivity index (χ4v) is 5.65. The highest BCUT2D eigenvalue weighted by atomic mass is 35.5. The van der Waals surface area contributed by atoms with Crippen molar-refractivity contribution in [1.82, 2.24) is 14.0 Å². The standard InChI is InChI=1S/C18H16ClFN4O3S2/c1-24-15(17(25)21-10-6-7-12(20)11(19)8-10)9-14(23-29(24,26)27)18-22-13-4-2-3-5-16(13)28-18/h2-8,14-15,23H,9H2,1H3,(H,21,25). The molecule has 1 aromatic heterocycles. The summed E-state index contributed by atoms with van der Waals surface area (Å²) < 4.78 is 43.0. The van der Waals surface area contributed by atoms with Crippen molar-refractivity contribution in [3.63, 3.8) is 0 Å². The van der Waals surface area contributed by atoms with E-state index in [4.69, 9.17) is 11.6 Å². The largest absolute Gasteiger partial charge is 0.325 e. The van der Waals surface area contributed by atoms with Crippen molar-refractivity contribution in [2.24, 2.45) is 0 Å². The van der Waals surface area contributed by atoms with Gasteiger partial charge in [-0.25, -0.2) is 9.37 Å². The van der Waals surface area contributed by atoms with E-state index >= 15 is 0 Å². The molecule has 11 heteroatoms. The Kier molecular flexibility index (Phi) is 5.30. The highest BCUT2D eigenvalue weighted by molar-refractivity contribution is 7.87. The van der Waals surface area contributed by atoms with Crippen LogP contribution in [0.5, 0.6) is 0 Å². The van der Waals surface area contributed by atoms with Gasteiger partial charge < -0.3 is 5.32 Å². The van der Waals surface area contributed by atoms with Crippen LogP contribution in [-0.4, -0.2) is 36.7 Å². The lowest BCUT2D eigenvalue weighted by Crippen LogP contribution is -2.55. The predicted octanol–water partition coefficient (Wildman–Crippen LogP) is 3.31. The zero-order chi connectivity index (χ0) is 20.8. The summed E-state index contributed by atoms with van der Waals surface area (Å²) in [4.78, 5) is 17.3. The Balaban J connectivity index is 1.61. The summed E-state index contributed by atoms with van der Waals surface area (Å²) in [6.45, 7) is 0. The van der Waals surface area contributed by atoms with E-state index in [0.717, 1.165) is 20.6 Å². The number of hydrogen-bond donors (Lipinski definition) is 2. The minimum absolute atomic E-state index is 0.138. The number of likely N-dealkylation sites (N-methyl/N-ethyl adjacent to an activating group) is 1. The van der Waals surface area contributed by atoms with E-state index in [1.54, 1.807) is 0 Å². The number of carbonyl (C=O) groups excluding carboxylic acids is 1. The predicted molar refractivity (Wildman–Crippen MR) is 111 cm³/mol. The van der Waals surface area contributed by atoms with Gasteiger partial charge in [-0.2, -0.15) is 17.4 Å². The number of carbonyl (C=O) groups is 1. The molecule has 2 atom stereocenters. The van der Waals surface area contributed by atoms with Gasteiger partial charge >= 0.3 is 0 Å². The number of hydrogen-bond acceptors (Lipinski definition) is 5. The summed E-state index contributed by atoms with van der Waals surface area (Å²) in [5.74, 6) is -1.14. The minimum atomic E-state index is -3.89. The second-order valence-corrected chi connectivity index (χ2v) is 9.81. The van der Waals surface area contributed by atoms with Crippen LogP contribution in [0.25, 0.3) is 10.2 Å². The molecule has 2 unspecified atom stereocenters. The van der Waals surface area contributed by atoms with Gasteiger partial charge in [0.2, 0.25) is 5.91 Å². The number of para-hydroxylation sites is 1. The molecule has 0 radical (unpaired) electrons. The van der Waals surface area contributed by atoms with Crippen LogP contribution >= 0.6 is 22.9 Å². The molecule has 3 aromatic rings. The summed E-state index contributed by atoms with van der Waals surface area (Å²) in [6.07, 6.45) is 0.191. The smallest absolute Gasteiger partial charge is 0.280 e. The van der Waals surface area contributed by atoms with Crippen molar-refractivity contribution < 1.29 is 17.6 Å². The fourth-order valence-electron chi connectivity index (χ4n) is 3.11. The van der Waals surface area contributed by atoms with Gasteiger partial charge in [-0.1, -0.05) is 23.7 Å². The molecule has 1 saturated heterocycles. The molecule has 4 rings (SSSR count). The third-order valence-electron chi connectivity index (χ3n) is 4.67. The topological polar surface area (TPSA) is 91.4 Å². The Bertz CT molecular complexity index is 1170. The minimum Gasteiger partial charge on any atom is -0.325 e. The molecule has 0 aliphatic carbocycles. The number of amides is 1. The summed E-state index contributed by atoms with van der Waals surface area (Å²) in [5, 5.41) is 3.06. The third-order valence-corrected chi connectivity index (χ3v) is 7.70. The van der Waals surface area contributed by atoms with Crippen molar-refractivity contribution in [3.8, 4) is 0 Å². The Morgan fingerprint density at radius 2 is 2.10 bits per heavy atom. The number of nitrogens with zero attached hydrogens (tertiary/aromatic N) is 2. The molecule has 1 aliphatic heterocycles. The first-order valence-electron chi connectivity index (χ1n) is 8.61. The number of rotatable bonds is 3. The van der Waals surface area contributed by atoms with Crippen LogP contribution < -0.4 is 10.0 Å². The zero-order valence-corrected chi connectivity index (χ0v) is 17.5. The Morgan fingerprint density at radius 3 is 2.83 bits per heavy atom. The molecule has 2 heterocycles. The SMILES string of the molecule is CN1C(C(=O)Nc2ccc(F)c(Cl)c2)CC(c2nc3ccccc3s2)NS1(=O)=O. The van der Waals surface area contributed by atoms with E-state index < -0.39 is 34.0 Å². The molecule has 2 N–H and O–H groups in total. The number of benzene rings is 2. The van der Waals surface area contributed by atoms with Crippen LogP contribution in [0.3, 0.4) is 0 Å². The molecule has 0 saturated carbocycles. The van der Waals surface area contributed by atoms with Gasteiger partial charge in [0.25, 0.3) is 10.2 Å². The van der Waals surface area contributed by atoms with Gasteiger partial charge in [-0.15, -0.1) is 11.3 Å². The quantitative estimate of drug-likeness (QED) is 0.635. The van der Waals surface area contributed by atoms with Gasteiger partial charge in [-0.05, 0) is 36.8 Å². The number of aromatic nitrogens is 1. The average molecular weight is 455 g/mol. The maximum absolute atomic E-state index is 13.3. The molecule has 0 bridgehead atoms. The van der Waals surface area contributed by atoms with Crippen LogP contribution in [0.4, 0.5) is 10.1 Å². The lowest BCUT2D eigenvalue weighted by molar-refractivity contribution is -0.120. The number of thiazole rings is 1.